The standard InChI is InChI=1S/C18H20/c1-3-8-15(9-4-1)17-12-7-13-18(14-17)16-10-5-2-6-11-16/h1,3-5,7-8,10-11,13-15,17H,2,6,9,12H2. The van der Waals surface area contributed by atoms with E-state index in [-0.39, 0.29) is 0 Å². The van der Waals surface area contributed by atoms with Crippen LogP contribution in [0.5, 0.6) is 0 Å². The summed E-state index contributed by atoms with van der Waals surface area (Å²) in [5, 5.41) is 0. The quantitative estimate of drug-likeness (QED) is 0.640. The van der Waals surface area contributed by atoms with Gasteiger partial charge in [0.05, 0.1) is 0 Å². The molecule has 0 aliphatic heterocycles. The van der Waals surface area contributed by atoms with Gasteiger partial charge in [-0.05, 0) is 48.7 Å². The smallest absolute Gasteiger partial charge is 0.0124 e. The largest absolute Gasteiger partial charge is 0.0839 e. The number of hydrogen-bond donors (Lipinski definition) is 0. The first-order chi connectivity index (χ1) is 8.93. The molecule has 0 saturated carbocycles. The van der Waals surface area contributed by atoms with Crippen LogP contribution in [0.15, 0.2) is 71.9 Å². The predicted molar refractivity (Wildman–Crippen MR) is 78.2 cm³/mol. The third-order valence-corrected chi connectivity index (χ3v) is 3.99. The van der Waals surface area contributed by atoms with E-state index in [1.807, 2.05) is 0 Å². The molecule has 0 heteroatoms. The van der Waals surface area contributed by atoms with Crippen LogP contribution in [0, 0.1) is 11.8 Å². The molecule has 0 heterocycles. The van der Waals surface area contributed by atoms with E-state index >= 15 is 0 Å². The molecule has 92 valence electrons. The summed E-state index contributed by atoms with van der Waals surface area (Å²) < 4.78 is 0. The Morgan fingerprint density at radius 3 is 2.44 bits per heavy atom. The van der Waals surface area contributed by atoms with E-state index in [4.69, 9.17) is 0 Å². The molecule has 0 radical (unpaired) electrons. The van der Waals surface area contributed by atoms with Crippen molar-refractivity contribution < 1.29 is 0 Å². The SMILES string of the molecule is C1=CCC(C2C=C(C3=CCCC=C3)C=CC2)C=C1. The Balaban J connectivity index is 1.78. The summed E-state index contributed by atoms with van der Waals surface area (Å²) in [6.07, 6.45) is 27.8. The van der Waals surface area contributed by atoms with Gasteiger partial charge in [-0.2, -0.15) is 0 Å². The maximum Gasteiger partial charge on any atom is -0.0124 e. The second kappa shape index (κ2) is 5.39. The van der Waals surface area contributed by atoms with Crippen molar-refractivity contribution in [3.05, 3.63) is 71.9 Å². The fraction of sp³-hybridized carbons (Fsp3) is 0.333. The Bertz CT molecular complexity index is 480. The van der Waals surface area contributed by atoms with Gasteiger partial charge in [0, 0.05) is 0 Å². The predicted octanol–water partition coefficient (Wildman–Crippen LogP) is 4.90. The van der Waals surface area contributed by atoms with E-state index in [0.29, 0.717) is 11.8 Å². The van der Waals surface area contributed by atoms with Crippen LogP contribution in [0.2, 0.25) is 0 Å². The van der Waals surface area contributed by atoms with Crippen molar-refractivity contribution in [1.82, 2.24) is 0 Å². The molecule has 2 unspecified atom stereocenters. The van der Waals surface area contributed by atoms with E-state index in [1.165, 1.54) is 36.8 Å². The van der Waals surface area contributed by atoms with Crippen molar-refractivity contribution >= 4 is 0 Å². The molecule has 0 aromatic rings. The zero-order valence-electron chi connectivity index (χ0n) is 10.8. The van der Waals surface area contributed by atoms with Gasteiger partial charge in [-0.15, -0.1) is 0 Å². The highest BCUT2D eigenvalue weighted by Gasteiger charge is 2.19. The van der Waals surface area contributed by atoms with Gasteiger partial charge in [-0.3, -0.25) is 0 Å². The molecule has 0 aromatic heterocycles. The summed E-state index contributed by atoms with van der Waals surface area (Å²) in [5.41, 5.74) is 2.84. The Hall–Kier alpha value is -1.56. The van der Waals surface area contributed by atoms with E-state index in [2.05, 4.69) is 60.8 Å². The summed E-state index contributed by atoms with van der Waals surface area (Å²) in [4.78, 5) is 0. The van der Waals surface area contributed by atoms with Gasteiger partial charge in [-0.25, -0.2) is 0 Å². The molecule has 0 amide bonds. The average Bonchev–Trinajstić information content (AvgIpc) is 2.49. The molecular weight excluding hydrogens is 216 g/mol. The fourth-order valence-electron chi connectivity index (χ4n) is 2.94. The Labute approximate surface area is 110 Å². The van der Waals surface area contributed by atoms with Gasteiger partial charge in [0.2, 0.25) is 0 Å². The molecular formula is C18H20. The van der Waals surface area contributed by atoms with Crippen LogP contribution in [0.1, 0.15) is 25.7 Å². The lowest BCUT2D eigenvalue weighted by atomic mass is 9.80. The van der Waals surface area contributed by atoms with Crippen LogP contribution in [0.4, 0.5) is 0 Å². The highest BCUT2D eigenvalue weighted by atomic mass is 14.2. The lowest BCUT2D eigenvalue weighted by Gasteiger charge is -2.25. The van der Waals surface area contributed by atoms with Crippen molar-refractivity contribution in [2.75, 3.05) is 0 Å². The maximum absolute atomic E-state index is 2.48. The molecule has 0 spiro atoms. The molecule has 3 aliphatic carbocycles. The minimum atomic E-state index is 0.669. The van der Waals surface area contributed by atoms with Gasteiger partial charge in [-0.1, -0.05) is 60.8 Å². The van der Waals surface area contributed by atoms with E-state index in [1.54, 1.807) is 0 Å². The number of hydrogen-bond acceptors (Lipinski definition) is 0. The normalized spacial score (nSPS) is 30.2. The highest BCUT2D eigenvalue weighted by Crippen LogP contribution is 2.32. The van der Waals surface area contributed by atoms with Crippen molar-refractivity contribution in [2.45, 2.75) is 25.7 Å². The van der Waals surface area contributed by atoms with Gasteiger partial charge in [0.25, 0.3) is 0 Å². The van der Waals surface area contributed by atoms with E-state index < -0.39 is 0 Å². The summed E-state index contributed by atoms with van der Waals surface area (Å²) in [6, 6.07) is 0. The first-order valence-corrected chi connectivity index (χ1v) is 7.02. The minimum absolute atomic E-state index is 0.669. The van der Waals surface area contributed by atoms with E-state index in [9.17, 15) is 0 Å². The summed E-state index contributed by atoms with van der Waals surface area (Å²) in [6.45, 7) is 0. The van der Waals surface area contributed by atoms with Gasteiger partial charge in [0.15, 0.2) is 0 Å². The Morgan fingerprint density at radius 1 is 0.778 bits per heavy atom. The maximum atomic E-state index is 2.48. The first-order valence-electron chi connectivity index (χ1n) is 7.02. The fourth-order valence-corrected chi connectivity index (χ4v) is 2.94. The number of allylic oxidation sites excluding steroid dienone is 12. The zero-order valence-corrected chi connectivity index (χ0v) is 10.8. The topological polar surface area (TPSA) is 0 Å². The summed E-state index contributed by atoms with van der Waals surface area (Å²) in [5.74, 6) is 1.35. The average molecular weight is 236 g/mol. The van der Waals surface area contributed by atoms with Crippen molar-refractivity contribution in [3.63, 3.8) is 0 Å². The third kappa shape index (κ3) is 2.48. The summed E-state index contributed by atoms with van der Waals surface area (Å²) in [7, 11) is 0. The van der Waals surface area contributed by atoms with Crippen molar-refractivity contribution in [3.8, 4) is 0 Å². The van der Waals surface area contributed by atoms with E-state index in [0.717, 1.165) is 0 Å². The molecule has 0 N–H and O–H groups in total. The molecule has 0 fully saturated rings. The second-order valence-corrected chi connectivity index (χ2v) is 5.28. The van der Waals surface area contributed by atoms with Crippen LogP contribution in [-0.4, -0.2) is 0 Å². The van der Waals surface area contributed by atoms with Crippen LogP contribution in [-0.2, 0) is 0 Å². The van der Waals surface area contributed by atoms with Gasteiger partial charge in [0.1, 0.15) is 0 Å². The molecule has 0 nitrogen and oxygen atoms in total. The Kier molecular flexibility index (Phi) is 3.45. The molecule has 0 aromatic carbocycles. The molecule has 18 heavy (non-hydrogen) atoms. The monoisotopic (exact) mass is 236 g/mol. The molecule has 2 atom stereocenters. The number of rotatable bonds is 2. The van der Waals surface area contributed by atoms with Crippen LogP contribution < -0.4 is 0 Å². The van der Waals surface area contributed by atoms with Crippen molar-refractivity contribution in [2.24, 2.45) is 11.8 Å². The van der Waals surface area contributed by atoms with Crippen LogP contribution >= 0.6 is 0 Å². The Morgan fingerprint density at radius 2 is 1.67 bits per heavy atom. The molecule has 0 bridgehead atoms. The van der Waals surface area contributed by atoms with Gasteiger partial charge < -0.3 is 0 Å². The third-order valence-electron chi connectivity index (χ3n) is 3.99. The molecule has 3 aliphatic rings. The zero-order chi connectivity index (χ0) is 12.2. The minimum Gasteiger partial charge on any atom is -0.0839 e. The highest BCUT2D eigenvalue weighted by molar-refractivity contribution is 5.49. The van der Waals surface area contributed by atoms with Crippen molar-refractivity contribution in [1.29, 1.82) is 0 Å². The van der Waals surface area contributed by atoms with Gasteiger partial charge >= 0.3 is 0 Å². The van der Waals surface area contributed by atoms with Crippen LogP contribution in [0.3, 0.4) is 0 Å². The first kappa shape index (κ1) is 11.5. The lowest BCUT2D eigenvalue weighted by molar-refractivity contribution is 0.476. The van der Waals surface area contributed by atoms with Crippen LogP contribution in [0.25, 0.3) is 0 Å². The molecule has 3 rings (SSSR count). The lowest BCUT2D eigenvalue weighted by Crippen LogP contribution is -2.13. The second-order valence-electron chi connectivity index (χ2n) is 5.28. The summed E-state index contributed by atoms with van der Waals surface area (Å²) >= 11 is 0. The molecule has 0 saturated heterocycles.